The van der Waals surface area contributed by atoms with Gasteiger partial charge in [-0.25, -0.2) is 0 Å². The molecule has 0 unspecified atom stereocenters. The van der Waals surface area contributed by atoms with Gasteiger partial charge in [0.05, 0.1) is 27.1 Å². The quantitative estimate of drug-likeness (QED) is 0.738. The third-order valence-electron chi connectivity index (χ3n) is 3.02. The summed E-state index contributed by atoms with van der Waals surface area (Å²) >= 11 is 1.17. The number of hydrogen-bond donors (Lipinski definition) is 1. The van der Waals surface area contributed by atoms with Crippen molar-refractivity contribution in [3.63, 3.8) is 0 Å². The molecule has 112 valence electrons. The van der Waals surface area contributed by atoms with Crippen LogP contribution in [0.15, 0.2) is 51.9 Å². The lowest BCUT2D eigenvalue weighted by molar-refractivity contribution is 0.103. The lowest BCUT2D eigenvalue weighted by Gasteiger charge is -1.91. The van der Waals surface area contributed by atoms with E-state index < -0.39 is 0 Å². The molecule has 3 aromatic rings. The van der Waals surface area contributed by atoms with Gasteiger partial charge in [-0.1, -0.05) is 12.1 Å². The number of nitrogens with zero attached hydrogens (tertiary/aromatic N) is 1. The zero-order valence-corrected chi connectivity index (χ0v) is 12.6. The fourth-order valence-corrected chi connectivity index (χ4v) is 2.87. The highest BCUT2D eigenvalue weighted by Gasteiger charge is 2.05. The van der Waals surface area contributed by atoms with Crippen molar-refractivity contribution in [2.45, 2.75) is 0 Å². The van der Waals surface area contributed by atoms with Gasteiger partial charge in [-0.2, -0.15) is 5.26 Å². The molecular weight excluding hydrogens is 312 g/mol. The predicted molar refractivity (Wildman–Crippen MR) is 86.4 cm³/mol. The highest BCUT2D eigenvalue weighted by atomic mass is 32.1. The summed E-state index contributed by atoms with van der Waals surface area (Å²) in [5.41, 5.74) is 0.989. The number of thiazole rings is 1. The number of rotatable bonds is 3. The number of nitriles is 1. The van der Waals surface area contributed by atoms with Crippen LogP contribution in [0.3, 0.4) is 0 Å². The first kappa shape index (κ1) is 14.8. The number of carbonyl (C=O) groups excluding carboxylic acids is 1. The average molecular weight is 322 g/mol. The van der Waals surface area contributed by atoms with Crippen LogP contribution in [0.25, 0.3) is 12.2 Å². The monoisotopic (exact) mass is 322 g/mol. The van der Waals surface area contributed by atoms with E-state index >= 15 is 0 Å². The van der Waals surface area contributed by atoms with Crippen LogP contribution in [0, 0.1) is 11.3 Å². The van der Waals surface area contributed by atoms with Crippen molar-refractivity contribution in [2.75, 3.05) is 0 Å². The van der Waals surface area contributed by atoms with Gasteiger partial charge in [0.2, 0.25) is 5.78 Å². The zero-order valence-electron chi connectivity index (χ0n) is 11.8. The Labute approximate surface area is 134 Å². The molecule has 1 aromatic carbocycles. The van der Waals surface area contributed by atoms with Crippen LogP contribution in [-0.2, 0) is 0 Å². The molecule has 0 saturated heterocycles. The van der Waals surface area contributed by atoms with Gasteiger partial charge in [0.25, 0.3) is 5.56 Å². The van der Waals surface area contributed by atoms with Crippen molar-refractivity contribution in [3.8, 4) is 6.07 Å². The summed E-state index contributed by atoms with van der Waals surface area (Å²) in [6.45, 7) is 0. The van der Waals surface area contributed by atoms with Crippen molar-refractivity contribution in [3.05, 3.63) is 79.1 Å². The van der Waals surface area contributed by atoms with E-state index in [9.17, 15) is 9.59 Å². The molecule has 0 aliphatic rings. The standard InChI is InChI=1S/C17H10N2O3S/c18-10-12-4-1-3-11(7-12)8-15-17(21)19-16(23-15)9-13(20)14-5-2-6-22-14/h1-9H,(H,19,21)/b15-8+,16-9+. The molecule has 0 saturated carbocycles. The third kappa shape index (κ3) is 3.36. The molecule has 1 N–H and O–H groups in total. The number of carbonyl (C=O) groups is 1. The Hall–Kier alpha value is -3.17. The largest absolute Gasteiger partial charge is 0.461 e. The maximum atomic E-state index is 12.0. The van der Waals surface area contributed by atoms with Gasteiger partial charge in [-0.15, -0.1) is 11.3 Å². The van der Waals surface area contributed by atoms with Crippen molar-refractivity contribution in [2.24, 2.45) is 0 Å². The SMILES string of the molecule is N#Cc1cccc(/C=c2/s/c(=C/C(=O)c3ccco3)[nH]c2=O)c1. The number of aromatic amines is 1. The van der Waals surface area contributed by atoms with Crippen LogP contribution in [0.5, 0.6) is 0 Å². The number of furan rings is 1. The molecule has 0 fully saturated rings. The molecule has 2 aromatic heterocycles. The van der Waals surface area contributed by atoms with Crippen molar-refractivity contribution < 1.29 is 9.21 Å². The molecule has 0 amide bonds. The van der Waals surface area contributed by atoms with Crippen LogP contribution in [0.2, 0.25) is 0 Å². The number of H-pyrrole nitrogens is 1. The number of hydrogen-bond acceptors (Lipinski definition) is 5. The first-order valence-corrected chi connectivity index (χ1v) is 7.48. The second kappa shape index (κ2) is 6.30. The number of benzene rings is 1. The summed E-state index contributed by atoms with van der Waals surface area (Å²) in [5, 5.41) is 8.90. The molecule has 3 rings (SSSR count). The van der Waals surface area contributed by atoms with E-state index in [1.165, 1.54) is 23.7 Å². The number of ketones is 1. The number of Topliss-reactive ketones (excluding diaryl/α,β-unsaturated/α-hetero) is 1. The van der Waals surface area contributed by atoms with Crippen LogP contribution in [-0.4, -0.2) is 10.8 Å². The average Bonchev–Trinajstić information content (AvgIpc) is 3.18. The third-order valence-corrected chi connectivity index (χ3v) is 3.98. The second-order valence-corrected chi connectivity index (χ2v) is 5.74. The van der Waals surface area contributed by atoms with Crippen molar-refractivity contribution in [1.82, 2.24) is 4.98 Å². The Morgan fingerprint density at radius 2 is 2.17 bits per heavy atom. The highest BCUT2D eigenvalue weighted by Crippen LogP contribution is 2.04. The van der Waals surface area contributed by atoms with Crippen LogP contribution in [0.1, 0.15) is 21.7 Å². The normalized spacial score (nSPS) is 12.3. The molecule has 23 heavy (non-hydrogen) atoms. The van der Waals surface area contributed by atoms with E-state index in [1.54, 1.807) is 42.5 Å². The summed E-state index contributed by atoms with van der Waals surface area (Å²) in [7, 11) is 0. The molecule has 0 aliphatic carbocycles. The summed E-state index contributed by atoms with van der Waals surface area (Å²) in [6.07, 6.45) is 4.42. The topological polar surface area (TPSA) is 86.9 Å². The fraction of sp³-hybridized carbons (Fsp3) is 0. The number of nitrogens with one attached hydrogen (secondary N) is 1. The fourth-order valence-electron chi connectivity index (χ4n) is 1.98. The lowest BCUT2D eigenvalue weighted by atomic mass is 10.1. The number of aromatic nitrogens is 1. The minimum atomic E-state index is -0.314. The molecule has 2 heterocycles. The molecular formula is C17H10N2O3S. The Morgan fingerprint density at radius 1 is 1.30 bits per heavy atom. The van der Waals surface area contributed by atoms with E-state index in [0.717, 1.165) is 5.56 Å². The minimum absolute atomic E-state index is 0.214. The first-order valence-electron chi connectivity index (χ1n) is 6.66. The Balaban J connectivity index is 2.01. The van der Waals surface area contributed by atoms with Gasteiger partial charge in [0.1, 0.15) is 0 Å². The summed E-state index contributed by atoms with van der Waals surface area (Å²) in [5.74, 6) is -0.1000. The Morgan fingerprint density at radius 3 is 2.91 bits per heavy atom. The summed E-state index contributed by atoms with van der Waals surface area (Å²) in [4.78, 5) is 26.5. The van der Waals surface area contributed by atoms with Crippen LogP contribution < -0.4 is 14.8 Å². The van der Waals surface area contributed by atoms with Crippen molar-refractivity contribution in [1.29, 1.82) is 5.26 Å². The minimum Gasteiger partial charge on any atom is -0.461 e. The van der Waals surface area contributed by atoms with Crippen molar-refractivity contribution >= 4 is 29.3 Å². The maximum absolute atomic E-state index is 12.0. The van der Waals surface area contributed by atoms with E-state index in [2.05, 4.69) is 11.1 Å². The van der Waals surface area contributed by atoms with E-state index in [-0.39, 0.29) is 17.1 Å². The molecule has 0 atom stereocenters. The molecule has 6 heteroatoms. The van der Waals surface area contributed by atoms with Gasteiger partial charge in [0, 0.05) is 6.08 Å². The Kier molecular flexibility index (Phi) is 4.04. The van der Waals surface area contributed by atoms with Gasteiger partial charge >= 0.3 is 0 Å². The van der Waals surface area contributed by atoms with E-state index in [1.807, 2.05) is 0 Å². The predicted octanol–water partition coefficient (Wildman–Crippen LogP) is 1.39. The molecule has 0 bridgehead atoms. The molecule has 5 nitrogen and oxygen atoms in total. The highest BCUT2D eigenvalue weighted by molar-refractivity contribution is 7.07. The first-order chi connectivity index (χ1) is 11.2. The lowest BCUT2D eigenvalue weighted by Crippen LogP contribution is -2.20. The van der Waals surface area contributed by atoms with Gasteiger partial charge in [-0.05, 0) is 35.9 Å². The molecule has 0 spiro atoms. The van der Waals surface area contributed by atoms with Gasteiger partial charge in [0.15, 0.2) is 5.76 Å². The van der Waals surface area contributed by atoms with Crippen LogP contribution >= 0.6 is 11.3 Å². The summed E-state index contributed by atoms with van der Waals surface area (Å²) < 4.78 is 5.92. The maximum Gasteiger partial charge on any atom is 0.266 e. The molecule has 0 aliphatic heterocycles. The second-order valence-electron chi connectivity index (χ2n) is 4.65. The van der Waals surface area contributed by atoms with E-state index in [4.69, 9.17) is 9.68 Å². The van der Waals surface area contributed by atoms with Crippen LogP contribution in [0.4, 0.5) is 0 Å². The summed E-state index contributed by atoms with van der Waals surface area (Å²) in [6, 6.07) is 12.2. The zero-order chi connectivity index (χ0) is 16.2. The van der Waals surface area contributed by atoms with E-state index in [0.29, 0.717) is 14.8 Å². The molecule has 0 radical (unpaired) electrons. The smallest absolute Gasteiger partial charge is 0.266 e. The Bertz CT molecular complexity index is 1070. The van der Waals surface area contributed by atoms with Gasteiger partial charge in [-0.3, -0.25) is 9.59 Å². The van der Waals surface area contributed by atoms with Gasteiger partial charge < -0.3 is 9.40 Å².